The van der Waals surface area contributed by atoms with Crippen LogP contribution in [0.4, 0.5) is 0 Å². The highest BCUT2D eigenvalue weighted by Gasteiger charge is 2.14. The second-order valence-corrected chi connectivity index (χ2v) is 3.86. The maximum atomic E-state index is 10.6. The molecule has 0 aliphatic rings. The molecule has 0 fully saturated rings. The first-order chi connectivity index (χ1) is 8.16. The Labute approximate surface area is 96.6 Å². The van der Waals surface area contributed by atoms with Crippen LogP contribution in [0.2, 0.25) is 0 Å². The van der Waals surface area contributed by atoms with E-state index in [0.717, 1.165) is 0 Å². The van der Waals surface area contributed by atoms with Gasteiger partial charge in [0, 0.05) is 19.2 Å². The van der Waals surface area contributed by atoms with E-state index >= 15 is 0 Å². The lowest BCUT2D eigenvalue weighted by molar-refractivity contribution is -0.138. The first-order valence-corrected chi connectivity index (χ1v) is 5.14. The maximum Gasteiger partial charge on any atom is 0.303 e. The van der Waals surface area contributed by atoms with E-state index in [9.17, 15) is 4.79 Å². The molecule has 1 unspecified atom stereocenters. The second-order valence-electron chi connectivity index (χ2n) is 3.86. The number of carboxylic acids is 1. The van der Waals surface area contributed by atoms with Gasteiger partial charge in [-0.3, -0.25) is 9.89 Å². The number of aromatic nitrogens is 6. The number of nitrogens with one attached hydrogen (secondary N) is 1. The number of hydrogen-bond acceptors (Lipinski definition) is 5. The zero-order valence-corrected chi connectivity index (χ0v) is 9.24. The van der Waals surface area contributed by atoms with E-state index in [4.69, 9.17) is 5.11 Å². The smallest absolute Gasteiger partial charge is 0.303 e. The fraction of sp³-hybridized carbons (Fsp3) is 0.444. The number of tetrazole rings is 1. The van der Waals surface area contributed by atoms with Gasteiger partial charge in [-0.15, -0.1) is 5.10 Å². The van der Waals surface area contributed by atoms with Crippen LogP contribution in [0.3, 0.4) is 0 Å². The Balaban J connectivity index is 2.12. The van der Waals surface area contributed by atoms with Gasteiger partial charge < -0.3 is 5.11 Å². The lowest BCUT2D eigenvalue weighted by Crippen LogP contribution is -2.14. The first kappa shape index (κ1) is 11.2. The molecule has 0 aliphatic carbocycles. The van der Waals surface area contributed by atoms with E-state index in [2.05, 4.69) is 25.7 Å². The molecule has 0 spiro atoms. The third-order valence-electron chi connectivity index (χ3n) is 2.28. The van der Waals surface area contributed by atoms with Crippen molar-refractivity contribution in [2.24, 2.45) is 5.92 Å². The van der Waals surface area contributed by atoms with Crippen molar-refractivity contribution >= 4 is 5.97 Å². The predicted octanol–water partition coefficient (Wildman–Crippen LogP) is 0.174. The highest BCUT2D eigenvalue weighted by atomic mass is 16.4. The zero-order chi connectivity index (χ0) is 12.3. The molecule has 2 N–H and O–H groups in total. The van der Waals surface area contributed by atoms with E-state index in [1.807, 2.05) is 6.92 Å². The van der Waals surface area contributed by atoms with Gasteiger partial charge in [-0.05, 0) is 22.4 Å². The quantitative estimate of drug-likeness (QED) is 0.766. The molecule has 2 aromatic rings. The number of rotatable bonds is 5. The molecule has 0 bridgehead atoms. The van der Waals surface area contributed by atoms with Crippen molar-refractivity contribution in [3.63, 3.8) is 0 Å². The Hall–Kier alpha value is -2.25. The minimum Gasteiger partial charge on any atom is -0.481 e. The van der Waals surface area contributed by atoms with Crippen LogP contribution in [0.15, 0.2) is 12.3 Å². The number of nitrogens with zero attached hydrogens (tertiary/aromatic N) is 5. The molecule has 8 heteroatoms. The van der Waals surface area contributed by atoms with Crippen molar-refractivity contribution in [3.8, 4) is 11.5 Å². The third-order valence-corrected chi connectivity index (χ3v) is 2.28. The summed E-state index contributed by atoms with van der Waals surface area (Å²) in [6.07, 6.45) is 1.69. The monoisotopic (exact) mass is 236 g/mol. The number of hydrogen-bond donors (Lipinski definition) is 2. The number of aliphatic carboxylic acids is 1. The Kier molecular flexibility index (Phi) is 3.12. The van der Waals surface area contributed by atoms with Crippen LogP contribution in [0.25, 0.3) is 11.5 Å². The Morgan fingerprint density at radius 2 is 2.47 bits per heavy atom. The first-order valence-electron chi connectivity index (χ1n) is 5.14. The fourth-order valence-electron chi connectivity index (χ4n) is 1.56. The molecular weight excluding hydrogens is 224 g/mol. The van der Waals surface area contributed by atoms with Crippen molar-refractivity contribution in [1.29, 1.82) is 0 Å². The van der Waals surface area contributed by atoms with Gasteiger partial charge in [0.1, 0.15) is 5.69 Å². The molecule has 0 aromatic carbocycles. The van der Waals surface area contributed by atoms with E-state index in [1.165, 1.54) is 0 Å². The maximum absolute atomic E-state index is 10.6. The van der Waals surface area contributed by atoms with Crippen molar-refractivity contribution in [3.05, 3.63) is 12.3 Å². The lowest BCUT2D eigenvalue weighted by atomic mass is 10.1. The van der Waals surface area contributed by atoms with Crippen LogP contribution in [-0.2, 0) is 11.3 Å². The van der Waals surface area contributed by atoms with Crippen LogP contribution in [-0.4, -0.2) is 41.5 Å². The molecule has 17 heavy (non-hydrogen) atoms. The van der Waals surface area contributed by atoms with Gasteiger partial charge >= 0.3 is 5.97 Å². The molecule has 0 aliphatic heterocycles. The fourth-order valence-corrected chi connectivity index (χ4v) is 1.56. The SMILES string of the molecule is CC(CC(=O)O)Cn1nnnc1-c1ccn[nH]1. The van der Waals surface area contributed by atoms with Crippen molar-refractivity contribution in [2.75, 3.05) is 0 Å². The minimum atomic E-state index is -0.825. The highest BCUT2D eigenvalue weighted by molar-refractivity contribution is 5.66. The molecular formula is C9H12N6O2. The van der Waals surface area contributed by atoms with Crippen LogP contribution in [0.1, 0.15) is 13.3 Å². The van der Waals surface area contributed by atoms with Crippen LogP contribution in [0.5, 0.6) is 0 Å². The van der Waals surface area contributed by atoms with Gasteiger partial charge in [-0.2, -0.15) is 5.10 Å². The van der Waals surface area contributed by atoms with Crippen LogP contribution < -0.4 is 0 Å². The Morgan fingerprint density at radius 1 is 1.65 bits per heavy atom. The van der Waals surface area contributed by atoms with E-state index < -0.39 is 5.97 Å². The average molecular weight is 236 g/mol. The summed E-state index contributed by atoms with van der Waals surface area (Å²) in [5.74, 6) is -0.314. The molecule has 90 valence electrons. The Morgan fingerprint density at radius 3 is 3.12 bits per heavy atom. The third kappa shape index (κ3) is 2.65. The minimum absolute atomic E-state index is 0.0438. The molecule has 0 saturated carbocycles. The molecule has 1 atom stereocenters. The molecule has 2 aromatic heterocycles. The standard InChI is InChI=1S/C9H12N6O2/c1-6(4-8(16)17)5-15-9(12-13-14-15)7-2-3-10-11-7/h2-3,6H,4-5H2,1H3,(H,10,11)(H,16,17). The molecule has 2 rings (SSSR count). The van der Waals surface area contributed by atoms with E-state index in [-0.39, 0.29) is 12.3 Å². The normalized spacial score (nSPS) is 12.5. The van der Waals surface area contributed by atoms with Gasteiger partial charge in [0.25, 0.3) is 0 Å². The lowest BCUT2D eigenvalue weighted by Gasteiger charge is -2.08. The summed E-state index contributed by atoms with van der Waals surface area (Å²) in [7, 11) is 0. The van der Waals surface area contributed by atoms with Gasteiger partial charge in [0.15, 0.2) is 5.82 Å². The average Bonchev–Trinajstić information content (AvgIpc) is 2.84. The van der Waals surface area contributed by atoms with Crippen molar-refractivity contribution < 1.29 is 9.90 Å². The van der Waals surface area contributed by atoms with E-state index in [0.29, 0.717) is 18.1 Å². The number of carbonyl (C=O) groups is 1. The molecule has 2 heterocycles. The summed E-state index contributed by atoms with van der Waals surface area (Å²) in [4.78, 5) is 10.6. The van der Waals surface area contributed by atoms with Gasteiger partial charge in [0.05, 0.1) is 0 Å². The summed E-state index contributed by atoms with van der Waals surface area (Å²) in [6, 6.07) is 1.75. The summed E-state index contributed by atoms with van der Waals surface area (Å²) >= 11 is 0. The summed E-state index contributed by atoms with van der Waals surface area (Å²) in [5, 5.41) is 26.6. The highest BCUT2D eigenvalue weighted by Crippen LogP contribution is 2.14. The Bertz CT molecular complexity index is 491. The van der Waals surface area contributed by atoms with Gasteiger partial charge in [-0.1, -0.05) is 6.92 Å². The predicted molar refractivity (Wildman–Crippen MR) is 56.8 cm³/mol. The number of carboxylic acid groups (broad SMARTS) is 1. The van der Waals surface area contributed by atoms with E-state index in [1.54, 1.807) is 16.9 Å². The van der Waals surface area contributed by atoms with Crippen LogP contribution >= 0.6 is 0 Å². The topological polar surface area (TPSA) is 110 Å². The largest absolute Gasteiger partial charge is 0.481 e. The molecule has 0 saturated heterocycles. The summed E-state index contributed by atoms with van der Waals surface area (Å²) < 4.78 is 1.57. The van der Waals surface area contributed by atoms with Gasteiger partial charge in [-0.25, -0.2) is 4.68 Å². The number of H-pyrrole nitrogens is 1. The van der Waals surface area contributed by atoms with Crippen molar-refractivity contribution in [1.82, 2.24) is 30.4 Å². The van der Waals surface area contributed by atoms with Crippen molar-refractivity contribution in [2.45, 2.75) is 19.9 Å². The molecule has 8 nitrogen and oxygen atoms in total. The van der Waals surface area contributed by atoms with Gasteiger partial charge in [0.2, 0.25) is 0 Å². The second kappa shape index (κ2) is 4.73. The molecule has 0 amide bonds. The molecule has 0 radical (unpaired) electrons. The zero-order valence-electron chi connectivity index (χ0n) is 9.24. The van der Waals surface area contributed by atoms with Crippen LogP contribution in [0, 0.1) is 5.92 Å². The summed E-state index contributed by atoms with van der Waals surface area (Å²) in [5.41, 5.74) is 0.706. The summed E-state index contributed by atoms with van der Waals surface area (Å²) in [6.45, 7) is 2.29. The number of aromatic amines is 1.